The predicted octanol–water partition coefficient (Wildman–Crippen LogP) is 3.20. The monoisotopic (exact) mass is 279 g/mol. The van der Waals surface area contributed by atoms with Crippen molar-refractivity contribution in [3.63, 3.8) is 0 Å². The van der Waals surface area contributed by atoms with E-state index in [2.05, 4.69) is 51.7 Å². The maximum atomic E-state index is 9.99. The molecule has 0 radical (unpaired) electrons. The average molecular weight is 279 g/mol. The minimum absolute atomic E-state index is 0.344. The smallest absolute Gasteiger partial charge is 0.119 e. The van der Waals surface area contributed by atoms with Crippen LogP contribution in [0.1, 0.15) is 44.7 Å². The summed E-state index contributed by atoms with van der Waals surface area (Å²) < 4.78 is 5.70. The van der Waals surface area contributed by atoms with E-state index < -0.39 is 6.10 Å². The van der Waals surface area contributed by atoms with Gasteiger partial charge in [-0.3, -0.25) is 0 Å². The third-order valence-corrected chi connectivity index (χ3v) is 3.67. The Balaban J connectivity index is 2.51. The van der Waals surface area contributed by atoms with Gasteiger partial charge >= 0.3 is 0 Å². The molecule has 3 heteroatoms. The first-order chi connectivity index (χ1) is 9.47. The van der Waals surface area contributed by atoms with E-state index in [1.165, 1.54) is 11.1 Å². The molecule has 1 aromatic rings. The molecule has 0 saturated carbocycles. The first kappa shape index (κ1) is 17.0. The molecule has 0 spiro atoms. The van der Waals surface area contributed by atoms with Gasteiger partial charge in [-0.15, -0.1) is 0 Å². The average Bonchev–Trinajstić information content (AvgIpc) is 2.42. The second-order valence-electron chi connectivity index (χ2n) is 5.62. The quantitative estimate of drug-likeness (QED) is 0.793. The standard InChI is InChI=1S/C17H29NO2/c1-6-18(7-2)11-15(19)12-20-16-8-9-17(13(3)4)14(5)10-16/h8-10,13,15,19H,6-7,11-12H2,1-5H3. The van der Waals surface area contributed by atoms with E-state index in [1.54, 1.807) is 0 Å². The van der Waals surface area contributed by atoms with Crippen molar-refractivity contribution in [3.8, 4) is 5.75 Å². The maximum Gasteiger partial charge on any atom is 0.119 e. The fourth-order valence-corrected chi connectivity index (χ4v) is 2.41. The van der Waals surface area contributed by atoms with Crippen molar-refractivity contribution in [2.75, 3.05) is 26.2 Å². The number of rotatable bonds is 8. The van der Waals surface area contributed by atoms with Crippen LogP contribution in [-0.2, 0) is 0 Å². The summed E-state index contributed by atoms with van der Waals surface area (Å²) in [4.78, 5) is 2.20. The highest BCUT2D eigenvalue weighted by Gasteiger charge is 2.10. The Kier molecular flexibility index (Phi) is 7.03. The molecule has 1 atom stereocenters. The van der Waals surface area contributed by atoms with Gasteiger partial charge in [0.25, 0.3) is 0 Å². The zero-order chi connectivity index (χ0) is 15.1. The van der Waals surface area contributed by atoms with Gasteiger partial charge in [-0.05, 0) is 49.2 Å². The molecule has 1 N–H and O–H groups in total. The lowest BCUT2D eigenvalue weighted by atomic mass is 9.98. The van der Waals surface area contributed by atoms with Crippen LogP contribution in [0.4, 0.5) is 0 Å². The van der Waals surface area contributed by atoms with Gasteiger partial charge in [-0.25, -0.2) is 0 Å². The number of benzene rings is 1. The number of hydrogen-bond donors (Lipinski definition) is 1. The summed E-state index contributed by atoms with van der Waals surface area (Å²) in [7, 11) is 0. The molecule has 0 fully saturated rings. The number of likely N-dealkylation sites (N-methyl/N-ethyl adjacent to an activating group) is 1. The summed E-state index contributed by atoms with van der Waals surface area (Å²) in [5.74, 6) is 1.36. The van der Waals surface area contributed by atoms with E-state index in [0.29, 0.717) is 19.1 Å². The molecule has 20 heavy (non-hydrogen) atoms. The predicted molar refractivity (Wildman–Crippen MR) is 84.6 cm³/mol. The molecule has 0 aliphatic carbocycles. The Morgan fingerprint density at radius 2 is 1.85 bits per heavy atom. The molecule has 1 rings (SSSR count). The van der Waals surface area contributed by atoms with Crippen molar-refractivity contribution in [1.29, 1.82) is 0 Å². The number of ether oxygens (including phenoxy) is 1. The molecule has 0 aromatic heterocycles. The van der Waals surface area contributed by atoms with Crippen LogP contribution in [0, 0.1) is 6.92 Å². The van der Waals surface area contributed by atoms with Crippen molar-refractivity contribution in [2.24, 2.45) is 0 Å². The molecule has 0 amide bonds. The Morgan fingerprint density at radius 1 is 1.20 bits per heavy atom. The molecule has 0 heterocycles. The third kappa shape index (κ3) is 5.14. The summed E-state index contributed by atoms with van der Waals surface area (Å²) in [5, 5.41) is 9.99. The zero-order valence-electron chi connectivity index (χ0n) is 13.5. The normalized spacial score (nSPS) is 13.0. The summed E-state index contributed by atoms with van der Waals surface area (Å²) in [6, 6.07) is 6.16. The van der Waals surface area contributed by atoms with Gasteiger partial charge in [-0.1, -0.05) is 33.8 Å². The molecule has 0 bridgehead atoms. The molecular formula is C17H29NO2. The van der Waals surface area contributed by atoms with Crippen LogP contribution in [-0.4, -0.2) is 42.4 Å². The third-order valence-electron chi connectivity index (χ3n) is 3.67. The lowest BCUT2D eigenvalue weighted by Crippen LogP contribution is -2.35. The highest BCUT2D eigenvalue weighted by Crippen LogP contribution is 2.23. The first-order valence-electron chi connectivity index (χ1n) is 7.61. The number of nitrogens with zero attached hydrogens (tertiary/aromatic N) is 1. The fraction of sp³-hybridized carbons (Fsp3) is 0.647. The fourth-order valence-electron chi connectivity index (χ4n) is 2.41. The number of hydrogen-bond acceptors (Lipinski definition) is 3. The summed E-state index contributed by atoms with van der Waals surface area (Å²) in [6.07, 6.45) is -0.444. The van der Waals surface area contributed by atoms with Crippen molar-refractivity contribution < 1.29 is 9.84 Å². The Bertz CT molecular complexity index is 400. The molecule has 0 aliphatic heterocycles. The van der Waals surface area contributed by atoms with Crippen molar-refractivity contribution in [2.45, 2.75) is 46.6 Å². The SMILES string of the molecule is CCN(CC)CC(O)COc1ccc(C(C)C)c(C)c1. The van der Waals surface area contributed by atoms with Gasteiger partial charge in [0.1, 0.15) is 18.5 Å². The zero-order valence-corrected chi connectivity index (χ0v) is 13.5. The van der Waals surface area contributed by atoms with E-state index in [9.17, 15) is 5.11 Å². The van der Waals surface area contributed by atoms with Gasteiger partial charge in [-0.2, -0.15) is 0 Å². The van der Waals surface area contributed by atoms with Crippen LogP contribution < -0.4 is 4.74 Å². The molecule has 114 valence electrons. The van der Waals surface area contributed by atoms with Crippen LogP contribution in [0.2, 0.25) is 0 Å². The molecule has 1 unspecified atom stereocenters. The Labute approximate surface area is 123 Å². The number of aliphatic hydroxyl groups excluding tert-OH is 1. The van der Waals surface area contributed by atoms with Crippen LogP contribution in [0.25, 0.3) is 0 Å². The van der Waals surface area contributed by atoms with Crippen molar-refractivity contribution in [1.82, 2.24) is 4.90 Å². The van der Waals surface area contributed by atoms with E-state index in [4.69, 9.17) is 4.74 Å². The van der Waals surface area contributed by atoms with E-state index in [1.807, 2.05) is 6.07 Å². The minimum atomic E-state index is -0.444. The number of aliphatic hydroxyl groups is 1. The van der Waals surface area contributed by atoms with Crippen LogP contribution in [0.15, 0.2) is 18.2 Å². The van der Waals surface area contributed by atoms with Crippen LogP contribution >= 0.6 is 0 Å². The minimum Gasteiger partial charge on any atom is -0.491 e. The van der Waals surface area contributed by atoms with Crippen LogP contribution in [0.3, 0.4) is 0 Å². The van der Waals surface area contributed by atoms with Crippen molar-refractivity contribution >= 4 is 0 Å². The topological polar surface area (TPSA) is 32.7 Å². The summed E-state index contributed by atoms with van der Waals surface area (Å²) >= 11 is 0. The first-order valence-corrected chi connectivity index (χ1v) is 7.61. The van der Waals surface area contributed by atoms with Crippen molar-refractivity contribution in [3.05, 3.63) is 29.3 Å². The Hall–Kier alpha value is -1.06. The Morgan fingerprint density at radius 3 is 2.35 bits per heavy atom. The van der Waals surface area contributed by atoms with Gasteiger partial charge in [0.2, 0.25) is 0 Å². The van der Waals surface area contributed by atoms with Crippen LogP contribution in [0.5, 0.6) is 5.75 Å². The molecule has 0 saturated heterocycles. The van der Waals surface area contributed by atoms with Gasteiger partial charge in [0.15, 0.2) is 0 Å². The molecular weight excluding hydrogens is 250 g/mol. The second kappa shape index (κ2) is 8.28. The highest BCUT2D eigenvalue weighted by atomic mass is 16.5. The maximum absolute atomic E-state index is 9.99. The summed E-state index contributed by atoms with van der Waals surface area (Å²) in [5.41, 5.74) is 2.59. The van der Waals surface area contributed by atoms with Gasteiger partial charge in [0, 0.05) is 6.54 Å². The largest absolute Gasteiger partial charge is 0.491 e. The van der Waals surface area contributed by atoms with Gasteiger partial charge in [0.05, 0.1) is 0 Å². The van der Waals surface area contributed by atoms with E-state index >= 15 is 0 Å². The lowest BCUT2D eigenvalue weighted by molar-refractivity contribution is 0.0716. The van der Waals surface area contributed by atoms with E-state index in [0.717, 1.165) is 18.8 Å². The van der Waals surface area contributed by atoms with Gasteiger partial charge < -0.3 is 14.7 Å². The number of aryl methyl sites for hydroxylation is 1. The molecule has 0 aliphatic rings. The second-order valence-corrected chi connectivity index (χ2v) is 5.62. The molecule has 3 nitrogen and oxygen atoms in total. The summed E-state index contributed by atoms with van der Waals surface area (Å²) in [6.45, 7) is 13.6. The highest BCUT2D eigenvalue weighted by molar-refractivity contribution is 5.36. The van der Waals surface area contributed by atoms with E-state index in [-0.39, 0.29) is 0 Å². The lowest BCUT2D eigenvalue weighted by Gasteiger charge is -2.22. The molecule has 1 aromatic carbocycles.